The zero-order valence-corrected chi connectivity index (χ0v) is 20.2. The second-order valence-electron chi connectivity index (χ2n) is 7.58. The molecule has 10 nitrogen and oxygen atoms in total. The Morgan fingerprint density at radius 1 is 1.03 bits per heavy atom. The normalized spacial score (nSPS) is 10.6. The molecule has 11 heteroatoms. The minimum Gasteiger partial charge on any atom is -0.495 e. The monoisotopic (exact) mass is 492 g/mol. The zero-order valence-electron chi connectivity index (χ0n) is 19.4. The summed E-state index contributed by atoms with van der Waals surface area (Å²) in [4.78, 5) is 42.3. The summed E-state index contributed by atoms with van der Waals surface area (Å²) in [5.74, 6) is 0.146. The lowest BCUT2D eigenvalue weighted by Crippen LogP contribution is -2.23. The molecule has 0 radical (unpaired) electrons. The van der Waals surface area contributed by atoms with Crippen LogP contribution in [0.25, 0.3) is 5.69 Å². The number of carbonyl (C=O) groups is 2. The van der Waals surface area contributed by atoms with Crippen molar-refractivity contribution >= 4 is 39.8 Å². The molecule has 0 aliphatic carbocycles. The predicted molar refractivity (Wildman–Crippen MR) is 136 cm³/mol. The van der Waals surface area contributed by atoms with Gasteiger partial charge < -0.3 is 15.4 Å². The molecule has 2 aromatic carbocycles. The van der Waals surface area contributed by atoms with Gasteiger partial charge >= 0.3 is 6.03 Å². The molecule has 3 amide bonds. The second-order valence-corrected chi connectivity index (χ2v) is 8.44. The lowest BCUT2D eigenvalue weighted by Gasteiger charge is -2.09. The lowest BCUT2D eigenvalue weighted by atomic mass is 10.3. The van der Waals surface area contributed by atoms with Crippen molar-refractivity contribution in [2.24, 2.45) is 7.05 Å². The summed E-state index contributed by atoms with van der Waals surface area (Å²) >= 11 is 1.19. The molecule has 0 spiro atoms. The first-order chi connectivity index (χ1) is 16.9. The van der Waals surface area contributed by atoms with Gasteiger partial charge in [-0.3, -0.25) is 19.6 Å². The standard InChI is InChI=1S/C24H24N6O4S/c1-15-21(22(32)30(29(15)2)17-9-5-4-6-10-17)27-20(31)13-16-14-35-24(25-16)28-23(33)26-18-11-7-8-12-19(18)34-3/h4-12,14H,13H2,1-3H3,(H,27,31)(H2,25,26,28,33). The van der Waals surface area contributed by atoms with Crippen LogP contribution in [0.4, 0.5) is 21.3 Å². The Hall–Kier alpha value is -4.38. The fraction of sp³-hybridized carbons (Fsp3) is 0.167. The average Bonchev–Trinajstić information content (AvgIpc) is 3.36. The summed E-state index contributed by atoms with van der Waals surface area (Å²) in [6.07, 6.45) is -0.0502. The van der Waals surface area contributed by atoms with Crippen molar-refractivity contribution < 1.29 is 14.3 Å². The molecule has 0 saturated carbocycles. The van der Waals surface area contributed by atoms with Gasteiger partial charge in [0.2, 0.25) is 5.91 Å². The summed E-state index contributed by atoms with van der Waals surface area (Å²) < 4.78 is 8.41. The van der Waals surface area contributed by atoms with Gasteiger partial charge in [0.25, 0.3) is 5.56 Å². The Kier molecular flexibility index (Phi) is 6.97. The van der Waals surface area contributed by atoms with Gasteiger partial charge in [0.1, 0.15) is 11.4 Å². The number of hydrogen-bond donors (Lipinski definition) is 3. The molecule has 0 saturated heterocycles. The summed E-state index contributed by atoms with van der Waals surface area (Å²) in [5, 5.41) is 10.1. The summed E-state index contributed by atoms with van der Waals surface area (Å²) in [7, 11) is 3.28. The molecular weight excluding hydrogens is 468 g/mol. The van der Waals surface area contributed by atoms with Gasteiger partial charge in [0, 0.05) is 12.4 Å². The molecule has 0 atom stereocenters. The highest BCUT2D eigenvalue weighted by Crippen LogP contribution is 2.24. The zero-order chi connectivity index (χ0) is 24.9. The van der Waals surface area contributed by atoms with Crippen LogP contribution in [0.15, 0.2) is 64.8 Å². The number of para-hydroxylation sites is 3. The van der Waals surface area contributed by atoms with Crippen molar-refractivity contribution in [1.82, 2.24) is 14.3 Å². The largest absolute Gasteiger partial charge is 0.495 e. The highest BCUT2D eigenvalue weighted by atomic mass is 32.1. The number of rotatable bonds is 7. The molecule has 0 unspecified atom stereocenters. The van der Waals surface area contributed by atoms with Crippen LogP contribution >= 0.6 is 11.3 Å². The number of benzene rings is 2. The molecule has 0 aliphatic rings. The van der Waals surface area contributed by atoms with Crippen LogP contribution in [0.3, 0.4) is 0 Å². The molecule has 35 heavy (non-hydrogen) atoms. The minimum atomic E-state index is -0.485. The lowest BCUT2D eigenvalue weighted by molar-refractivity contribution is -0.115. The van der Waals surface area contributed by atoms with Gasteiger partial charge in [-0.2, -0.15) is 0 Å². The van der Waals surface area contributed by atoms with E-state index in [2.05, 4.69) is 20.9 Å². The average molecular weight is 493 g/mol. The molecule has 0 aliphatic heterocycles. The van der Waals surface area contributed by atoms with E-state index in [1.165, 1.54) is 23.1 Å². The Balaban J connectivity index is 1.40. The first-order valence-corrected chi connectivity index (χ1v) is 11.5. The number of urea groups is 1. The fourth-order valence-electron chi connectivity index (χ4n) is 3.50. The van der Waals surface area contributed by atoms with E-state index >= 15 is 0 Å². The SMILES string of the molecule is COc1ccccc1NC(=O)Nc1nc(CC(=O)Nc2c(C)n(C)n(-c3ccccc3)c2=O)cs1. The molecule has 180 valence electrons. The molecule has 2 aromatic heterocycles. The van der Waals surface area contributed by atoms with Crippen LogP contribution < -0.4 is 26.2 Å². The van der Waals surface area contributed by atoms with Crippen molar-refractivity contribution in [1.29, 1.82) is 0 Å². The second kappa shape index (κ2) is 10.3. The van der Waals surface area contributed by atoms with Crippen molar-refractivity contribution in [3.63, 3.8) is 0 Å². The maximum atomic E-state index is 13.0. The topological polar surface area (TPSA) is 119 Å². The van der Waals surface area contributed by atoms with Gasteiger partial charge in [0.15, 0.2) is 5.13 Å². The Labute approximate surface area is 205 Å². The third kappa shape index (κ3) is 5.25. The van der Waals surface area contributed by atoms with Crippen LogP contribution in [0.2, 0.25) is 0 Å². The summed E-state index contributed by atoms with van der Waals surface area (Å²) in [6, 6.07) is 15.7. The van der Waals surface area contributed by atoms with Gasteiger partial charge in [-0.05, 0) is 31.2 Å². The molecular formula is C24H24N6O4S. The Morgan fingerprint density at radius 3 is 2.49 bits per heavy atom. The predicted octanol–water partition coefficient (Wildman–Crippen LogP) is 3.77. The highest BCUT2D eigenvalue weighted by molar-refractivity contribution is 7.14. The minimum absolute atomic E-state index is 0.0502. The number of aromatic nitrogens is 3. The van der Waals surface area contributed by atoms with E-state index in [0.29, 0.717) is 33.6 Å². The quantitative estimate of drug-likeness (QED) is 0.363. The van der Waals surface area contributed by atoms with E-state index in [0.717, 1.165) is 0 Å². The maximum absolute atomic E-state index is 13.0. The van der Waals surface area contributed by atoms with E-state index in [1.54, 1.807) is 48.3 Å². The highest BCUT2D eigenvalue weighted by Gasteiger charge is 2.19. The number of nitrogens with one attached hydrogen (secondary N) is 3. The van der Waals surface area contributed by atoms with Crippen LogP contribution in [0.5, 0.6) is 5.75 Å². The first kappa shape index (κ1) is 23.8. The number of methoxy groups -OCH3 is 1. The van der Waals surface area contributed by atoms with Crippen LogP contribution in [-0.2, 0) is 18.3 Å². The van der Waals surface area contributed by atoms with Crippen LogP contribution in [0.1, 0.15) is 11.4 Å². The molecule has 3 N–H and O–H groups in total. The van der Waals surface area contributed by atoms with Gasteiger partial charge in [0.05, 0.1) is 36.3 Å². The smallest absolute Gasteiger partial charge is 0.325 e. The van der Waals surface area contributed by atoms with E-state index < -0.39 is 6.03 Å². The van der Waals surface area contributed by atoms with Crippen LogP contribution in [0, 0.1) is 6.92 Å². The number of thiazole rings is 1. The van der Waals surface area contributed by atoms with E-state index in [9.17, 15) is 14.4 Å². The van der Waals surface area contributed by atoms with Crippen molar-refractivity contribution in [3.05, 3.63) is 81.7 Å². The number of nitrogens with zero attached hydrogens (tertiary/aromatic N) is 3. The van der Waals surface area contributed by atoms with Gasteiger partial charge in [-0.15, -0.1) is 11.3 Å². The molecule has 0 fully saturated rings. The van der Waals surface area contributed by atoms with Gasteiger partial charge in [-0.25, -0.2) is 14.5 Å². The number of hydrogen-bond acceptors (Lipinski definition) is 6. The summed E-state index contributed by atoms with van der Waals surface area (Å²) in [6.45, 7) is 1.77. The van der Waals surface area contributed by atoms with Crippen molar-refractivity contribution in [2.75, 3.05) is 23.1 Å². The van der Waals surface area contributed by atoms with Crippen LogP contribution in [-0.4, -0.2) is 33.4 Å². The first-order valence-electron chi connectivity index (χ1n) is 10.7. The molecule has 0 bridgehead atoms. The van der Waals surface area contributed by atoms with Crippen molar-refractivity contribution in [2.45, 2.75) is 13.3 Å². The Bertz CT molecular complexity index is 1420. The van der Waals surface area contributed by atoms with Gasteiger partial charge in [-0.1, -0.05) is 30.3 Å². The third-order valence-corrected chi connectivity index (χ3v) is 6.09. The van der Waals surface area contributed by atoms with E-state index in [4.69, 9.17) is 4.74 Å². The maximum Gasteiger partial charge on any atom is 0.325 e. The number of carbonyl (C=O) groups excluding carboxylic acids is 2. The van der Waals surface area contributed by atoms with Crippen molar-refractivity contribution in [3.8, 4) is 11.4 Å². The molecule has 4 rings (SSSR count). The number of anilines is 3. The number of amides is 3. The third-order valence-electron chi connectivity index (χ3n) is 5.29. The Morgan fingerprint density at radius 2 is 1.74 bits per heavy atom. The fourth-order valence-corrected chi connectivity index (χ4v) is 4.21. The van der Waals surface area contributed by atoms with E-state index in [-0.39, 0.29) is 23.6 Å². The number of ether oxygens (including phenoxy) is 1. The molecule has 4 aromatic rings. The molecule has 2 heterocycles. The van der Waals surface area contributed by atoms with E-state index in [1.807, 2.05) is 30.3 Å². The summed E-state index contributed by atoms with van der Waals surface area (Å²) in [5.41, 5.74) is 2.20.